The molecule has 0 fully saturated rings. The van der Waals surface area contributed by atoms with Crippen molar-refractivity contribution in [3.05, 3.63) is 53.5 Å². The standard InChI is InChI=1S/C15H13NO4/c1-9-6-10-4-2-3-5-12(10)16(9)14(17)13-7-11(8-20-13)15(18)19/h2-5,7-9H,6H2,1H3,(H,18,19). The predicted molar refractivity (Wildman–Crippen MR) is 72.1 cm³/mol. The van der Waals surface area contributed by atoms with Crippen molar-refractivity contribution in [1.29, 1.82) is 0 Å². The number of carboxylic acid groups (broad SMARTS) is 1. The van der Waals surface area contributed by atoms with E-state index in [9.17, 15) is 9.59 Å². The third-order valence-corrected chi connectivity index (χ3v) is 3.48. The van der Waals surface area contributed by atoms with Gasteiger partial charge in [0.05, 0.1) is 5.56 Å². The molecule has 0 spiro atoms. The number of hydrogen-bond donors (Lipinski definition) is 1. The van der Waals surface area contributed by atoms with Crippen molar-refractivity contribution in [1.82, 2.24) is 0 Å². The molecule has 1 aromatic carbocycles. The van der Waals surface area contributed by atoms with Crippen LogP contribution in [0.4, 0.5) is 5.69 Å². The Bertz CT molecular complexity index is 689. The number of amides is 1. The number of carbonyl (C=O) groups excluding carboxylic acids is 1. The Hall–Kier alpha value is -2.56. The van der Waals surface area contributed by atoms with E-state index in [0.29, 0.717) is 0 Å². The molecule has 0 aliphatic carbocycles. The molecule has 3 rings (SSSR count). The summed E-state index contributed by atoms with van der Waals surface area (Å²) >= 11 is 0. The van der Waals surface area contributed by atoms with Gasteiger partial charge in [-0.05, 0) is 25.0 Å². The van der Waals surface area contributed by atoms with E-state index in [1.54, 1.807) is 4.90 Å². The van der Waals surface area contributed by atoms with Gasteiger partial charge in [-0.25, -0.2) is 4.79 Å². The van der Waals surface area contributed by atoms with Gasteiger partial charge in [-0.3, -0.25) is 4.79 Å². The quantitative estimate of drug-likeness (QED) is 0.911. The fraction of sp³-hybridized carbons (Fsp3) is 0.200. The monoisotopic (exact) mass is 271 g/mol. The fourth-order valence-corrected chi connectivity index (χ4v) is 2.55. The van der Waals surface area contributed by atoms with Gasteiger partial charge in [-0.1, -0.05) is 18.2 Å². The zero-order chi connectivity index (χ0) is 14.3. The Balaban J connectivity index is 1.96. The van der Waals surface area contributed by atoms with Crippen LogP contribution in [-0.4, -0.2) is 23.0 Å². The van der Waals surface area contributed by atoms with Crippen LogP contribution in [0.2, 0.25) is 0 Å². The van der Waals surface area contributed by atoms with E-state index in [1.807, 2.05) is 31.2 Å². The van der Waals surface area contributed by atoms with E-state index in [4.69, 9.17) is 9.52 Å². The number of para-hydroxylation sites is 1. The first kappa shape index (κ1) is 12.5. The maximum atomic E-state index is 12.5. The highest BCUT2D eigenvalue weighted by atomic mass is 16.4. The largest absolute Gasteiger partial charge is 0.478 e. The Labute approximate surface area is 115 Å². The van der Waals surface area contributed by atoms with Crippen molar-refractivity contribution < 1.29 is 19.1 Å². The summed E-state index contributed by atoms with van der Waals surface area (Å²) in [6.07, 6.45) is 1.87. The SMILES string of the molecule is CC1Cc2ccccc2N1C(=O)c1cc(C(=O)O)co1. The molecule has 102 valence electrons. The van der Waals surface area contributed by atoms with Crippen LogP contribution < -0.4 is 4.90 Å². The average molecular weight is 271 g/mol. The van der Waals surface area contributed by atoms with Gasteiger partial charge >= 0.3 is 5.97 Å². The number of furan rings is 1. The zero-order valence-electron chi connectivity index (χ0n) is 10.9. The second-order valence-corrected chi connectivity index (χ2v) is 4.86. The first-order valence-corrected chi connectivity index (χ1v) is 6.31. The minimum absolute atomic E-state index is 0.0199. The van der Waals surface area contributed by atoms with Gasteiger partial charge in [0.2, 0.25) is 0 Å². The molecule has 5 nitrogen and oxygen atoms in total. The number of nitrogens with zero attached hydrogens (tertiary/aromatic N) is 1. The number of fused-ring (bicyclic) bond motifs is 1. The fourth-order valence-electron chi connectivity index (χ4n) is 2.55. The summed E-state index contributed by atoms with van der Waals surface area (Å²) in [7, 11) is 0. The topological polar surface area (TPSA) is 70.8 Å². The van der Waals surface area contributed by atoms with Crippen molar-refractivity contribution in [3.63, 3.8) is 0 Å². The summed E-state index contributed by atoms with van der Waals surface area (Å²) < 4.78 is 5.09. The number of hydrogen-bond acceptors (Lipinski definition) is 3. The third-order valence-electron chi connectivity index (χ3n) is 3.48. The zero-order valence-corrected chi connectivity index (χ0v) is 10.9. The highest BCUT2D eigenvalue weighted by Gasteiger charge is 2.32. The highest BCUT2D eigenvalue weighted by Crippen LogP contribution is 2.33. The molecule has 1 aliphatic rings. The van der Waals surface area contributed by atoms with Gasteiger partial charge in [0.15, 0.2) is 5.76 Å². The van der Waals surface area contributed by atoms with E-state index in [1.165, 1.54) is 6.07 Å². The van der Waals surface area contributed by atoms with E-state index in [2.05, 4.69) is 0 Å². The molecule has 2 aromatic rings. The number of rotatable bonds is 2. The molecule has 0 saturated heterocycles. The first-order chi connectivity index (χ1) is 9.58. The summed E-state index contributed by atoms with van der Waals surface area (Å²) in [5.74, 6) is -1.37. The summed E-state index contributed by atoms with van der Waals surface area (Å²) in [4.78, 5) is 25.0. The van der Waals surface area contributed by atoms with Gasteiger partial charge in [-0.15, -0.1) is 0 Å². The van der Waals surface area contributed by atoms with Gasteiger partial charge in [-0.2, -0.15) is 0 Å². The van der Waals surface area contributed by atoms with Crippen molar-refractivity contribution >= 4 is 17.6 Å². The van der Waals surface area contributed by atoms with Crippen LogP contribution in [0.25, 0.3) is 0 Å². The molecule has 1 atom stereocenters. The molecule has 1 amide bonds. The van der Waals surface area contributed by atoms with Gasteiger partial charge in [0.1, 0.15) is 6.26 Å². The molecule has 5 heteroatoms. The Morgan fingerprint density at radius 3 is 2.80 bits per heavy atom. The van der Waals surface area contributed by atoms with E-state index < -0.39 is 5.97 Å². The van der Waals surface area contributed by atoms with Crippen molar-refractivity contribution in [2.75, 3.05) is 4.90 Å². The first-order valence-electron chi connectivity index (χ1n) is 6.31. The Morgan fingerprint density at radius 1 is 1.35 bits per heavy atom. The van der Waals surface area contributed by atoms with Crippen molar-refractivity contribution in [2.45, 2.75) is 19.4 Å². The van der Waals surface area contributed by atoms with E-state index in [-0.39, 0.29) is 23.3 Å². The predicted octanol–water partition coefficient (Wildman–Crippen LogP) is 2.57. The average Bonchev–Trinajstić information content (AvgIpc) is 3.01. The van der Waals surface area contributed by atoms with Crippen LogP contribution in [0.1, 0.15) is 33.4 Å². The van der Waals surface area contributed by atoms with E-state index in [0.717, 1.165) is 23.9 Å². The Morgan fingerprint density at radius 2 is 2.10 bits per heavy atom. The van der Waals surface area contributed by atoms with Crippen LogP contribution in [0.15, 0.2) is 41.0 Å². The van der Waals surface area contributed by atoms with Crippen LogP contribution in [0.5, 0.6) is 0 Å². The molecule has 0 radical (unpaired) electrons. The molecule has 0 saturated carbocycles. The molecule has 2 heterocycles. The number of benzene rings is 1. The smallest absolute Gasteiger partial charge is 0.338 e. The molecule has 1 N–H and O–H groups in total. The molecular formula is C15H13NO4. The third kappa shape index (κ3) is 1.87. The molecule has 1 aromatic heterocycles. The number of carboxylic acids is 1. The molecule has 1 unspecified atom stereocenters. The van der Waals surface area contributed by atoms with Crippen LogP contribution in [0, 0.1) is 0 Å². The molecular weight excluding hydrogens is 258 g/mol. The van der Waals surface area contributed by atoms with Gasteiger partial charge < -0.3 is 14.4 Å². The maximum Gasteiger partial charge on any atom is 0.338 e. The lowest BCUT2D eigenvalue weighted by molar-refractivity contribution is 0.0696. The minimum Gasteiger partial charge on any atom is -0.478 e. The molecule has 0 bridgehead atoms. The summed E-state index contributed by atoms with van der Waals surface area (Å²) in [5.41, 5.74) is 1.95. The van der Waals surface area contributed by atoms with Crippen molar-refractivity contribution in [3.8, 4) is 0 Å². The maximum absolute atomic E-state index is 12.5. The second-order valence-electron chi connectivity index (χ2n) is 4.86. The second kappa shape index (κ2) is 4.52. The summed E-state index contributed by atoms with van der Waals surface area (Å²) in [6, 6.07) is 8.98. The lowest BCUT2D eigenvalue weighted by Gasteiger charge is -2.21. The molecule has 1 aliphatic heterocycles. The number of aromatic carboxylic acids is 1. The van der Waals surface area contributed by atoms with Crippen LogP contribution >= 0.6 is 0 Å². The van der Waals surface area contributed by atoms with Gasteiger partial charge in [0, 0.05) is 17.8 Å². The summed E-state index contributed by atoms with van der Waals surface area (Å²) in [6.45, 7) is 1.96. The lowest BCUT2D eigenvalue weighted by Crippen LogP contribution is -2.35. The minimum atomic E-state index is -1.11. The number of anilines is 1. The van der Waals surface area contributed by atoms with Crippen LogP contribution in [0.3, 0.4) is 0 Å². The van der Waals surface area contributed by atoms with Crippen LogP contribution in [-0.2, 0) is 6.42 Å². The highest BCUT2D eigenvalue weighted by molar-refractivity contribution is 6.07. The summed E-state index contributed by atoms with van der Waals surface area (Å²) in [5, 5.41) is 8.87. The van der Waals surface area contributed by atoms with Crippen molar-refractivity contribution in [2.24, 2.45) is 0 Å². The number of carbonyl (C=O) groups is 2. The Kier molecular flexibility index (Phi) is 2.82. The van der Waals surface area contributed by atoms with E-state index >= 15 is 0 Å². The normalized spacial score (nSPS) is 17.1. The lowest BCUT2D eigenvalue weighted by atomic mass is 10.1. The molecule has 20 heavy (non-hydrogen) atoms. The van der Waals surface area contributed by atoms with Gasteiger partial charge in [0.25, 0.3) is 5.91 Å².